The van der Waals surface area contributed by atoms with Crippen molar-refractivity contribution in [1.82, 2.24) is 9.97 Å². The minimum atomic E-state index is 1.03. The third-order valence-electron chi connectivity index (χ3n) is 3.77. The fourth-order valence-electron chi connectivity index (χ4n) is 2.67. The Morgan fingerprint density at radius 3 is 2.71 bits per heavy atom. The van der Waals surface area contributed by atoms with E-state index in [4.69, 9.17) is 4.98 Å². The van der Waals surface area contributed by atoms with Crippen molar-refractivity contribution in [3.8, 4) is 10.6 Å². The Balaban J connectivity index is 1.67. The van der Waals surface area contributed by atoms with E-state index in [1.54, 1.807) is 11.3 Å². The molecule has 21 heavy (non-hydrogen) atoms. The molecule has 1 aromatic carbocycles. The number of fused-ring (bicyclic) bond motifs is 1. The number of benzene rings is 1. The Bertz CT molecular complexity index is 776. The Labute approximate surface area is 135 Å². The van der Waals surface area contributed by atoms with E-state index < -0.39 is 0 Å². The van der Waals surface area contributed by atoms with Crippen LogP contribution >= 0.6 is 27.3 Å². The average Bonchev–Trinajstić information content (AvgIpc) is 3.16. The van der Waals surface area contributed by atoms with Gasteiger partial charge in [-0.3, -0.25) is 0 Å². The quantitative estimate of drug-likeness (QED) is 0.662. The van der Waals surface area contributed by atoms with Gasteiger partial charge in [-0.2, -0.15) is 0 Å². The minimum Gasteiger partial charge on any atom is -0.357 e. The van der Waals surface area contributed by atoms with Gasteiger partial charge in [0.25, 0.3) is 0 Å². The van der Waals surface area contributed by atoms with E-state index in [0.717, 1.165) is 39.5 Å². The first kappa shape index (κ1) is 13.2. The van der Waals surface area contributed by atoms with Gasteiger partial charge in [0.15, 0.2) is 0 Å². The summed E-state index contributed by atoms with van der Waals surface area (Å²) in [7, 11) is 0. The Kier molecular flexibility index (Phi) is 3.39. The van der Waals surface area contributed by atoms with Gasteiger partial charge in [0.2, 0.25) is 0 Å². The molecule has 0 spiro atoms. The van der Waals surface area contributed by atoms with E-state index >= 15 is 0 Å². The van der Waals surface area contributed by atoms with Crippen LogP contribution in [0.2, 0.25) is 0 Å². The van der Waals surface area contributed by atoms with Crippen LogP contribution in [0.25, 0.3) is 20.8 Å². The number of anilines is 1. The van der Waals surface area contributed by atoms with E-state index in [9.17, 15) is 0 Å². The third kappa shape index (κ3) is 2.56. The monoisotopic (exact) mass is 359 g/mol. The summed E-state index contributed by atoms with van der Waals surface area (Å²) in [5.41, 5.74) is 2.13. The maximum absolute atomic E-state index is 4.71. The molecule has 0 atom stereocenters. The zero-order chi connectivity index (χ0) is 14.2. The second-order valence-electron chi connectivity index (χ2n) is 5.23. The van der Waals surface area contributed by atoms with Gasteiger partial charge in [-0.05, 0) is 43.2 Å². The molecule has 3 aromatic rings. The fourth-order valence-corrected chi connectivity index (χ4v) is 3.96. The van der Waals surface area contributed by atoms with Crippen LogP contribution < -0.4 is 4.90 Å². The van der Waals surface area contributed by atoms with Crippen LogP contribution in [-0.4, -0.2) is 23.1 Å². The lowest BCUT2D eigenvalue weighted by Crippen LogP contribution is -2.18. The normalized spacial score (nSPS) is 15.0. The molecular weight excluding hydrogens is 346 g/mol. The van der Waals surface area contributed by atoms with Crippen LogP contribution in [0, 0.1) is 0 Å². The Morgan fingerprint density at radius 1 is 1.10 bits per heavy atom. The number of rotatable bonds is 2. The molecule has 0 saturated carbocycles. The van der Waals surface area contributed by atoms with Crippen molar-refractivity contribution in [2.24, 2.45) is 0 Å². The molecule has 0 bridgehead atoms. The van der Waals surface area contributed by atoms with Crippen molar-refractivity contribution >= 4 is 43.3 Å². The molecule has 5 heteroatoms. The van der Waals surface area contributed by atoms with Crippen LogP contribution in [0.15, 0.2) is 41.0 Å². The van der Waals surface area contributed by atoms with Gasteiger partial charge in [0, 0.05) is 29.3 Å². The van der Waals surface area contributed by atoms with Crippen LogP contribution in [0.3, 0.4) is 0 Å². The Hall–Kier alpha value is -1.46. The lowest BCUT2D eigenvalue weighted by atomic mass is 10.3. The van der Waals surface area contributed by atoms with Crippen molar-refractivity contribution in [3.05, 3.63) is 41.0 Å². The topological polar surface area (TPSA) is 29.0 Å². The lowest BCUT2D eigenvalue weighted by Gasteiger charge is -2.15. The number of halogens is 1. The van der Waals surface area contributed by atoms with Gasteiger partial charge in [0.1, 0.15) is 10.8 Å². The summed E-state index contributed by atoms with van der Waals surface area (Å²) in [4.78, 5) is 11.7. The molecule has 0 radical (unpaired) electrons. The van der Waals surface area contributed by atoms with E-state index in [-0.39, 0.29) is 0 Å². The van der Waals surface area contributed by atoms with Gasteiger partial charge < -0.3 is 4.90 Å². The minimum absolute atomic E-state index is 1.03. The Morgan fingerprint density at radius 2 is 1.95 bits per heavy atom. The summed E-state index contributed by atoms with van der Waals surface area (Å²) < 4.78 is 2.27. The lowest BCUT2D eigenvalue weighted by molar-refractivity contribution is 0.938. The summed E-state index contributed by atoms with van der Waals surface area (Å²) in [6.45, 7) is 2.25. The standard InChI is InChI=1S/C16H14BrN3S/c17-12-4-5-14-13(9-12)19-16(21-14)11-3-6-15(18-10-11)20-7-1-2-8-20/h3-6,9-10H,1-2,7-8H2. The molecule has 2 aromatic heterocycles. The second kappa shape index (κ2) is 5.39. The van der Waals surface area contributed by atoms with Gasteiger partial charge in [-0.25, -0.2) is 9.97 Å². The van der Waals surface area contributed by atoms with Gasteiger partial charge >= 0.3 is 0 Å². The highest BCUT2D eigenvalue weighted by Gasteiger charge is 2.14. The highest BCUT2D eigenvalue weighted by atomic mass is 79.9. The smallest absolute Gasteiger partial charge is 0.128 e. The van der Waals surface area contributed by atoms with E-state index in [1.165, 1.54) is 17.5 Å². The summed E-state index contributed by atoms with van der Waals surface area (Å²) >= 11 is 5.20. The van der Waals surface area contributed by atoms with E-state index in [0.29, 0.717) is 0 Å². The number of hydrogen-bond acceptors (Lipinski definition) is 4. The van der Waals surface area contributed by atoms with Gasteiger partial charge in [0.05, 0.1) is 10.2 Å². The third-order valence-corrected chi connectivity index (χ3v) is 5.35. The zero-order valence-corrected chi connectivity index (χ0v) is 13.8. The highest BCUT2D eigenvalue weighted by molar-refractivity contribution is 9.10. The number of hydrogen-bond donors (Lipinski definition) is 0. The molecule has 0 aliphatic carbocycles. The first-order chi connectivity index (χ1) is 10.3. The molecule has 106 valence electrons. The van der Waals surface area contributed by atoms with Gasteiger partial charge in [-0.1, -0.05) is 15.9 Å². The SMILES string of the molecule is Brc1ccc2sc(-c3ccc(N4CCCC4)nc3)nc2c1. The number of nitrogens with zero attached hydrogens (tertiary/aromatic N) is 3. The zero-order valence-electron chi connectivity index (χ0n) is 11.4. The van der Waals surface area contributed by atoms with E-state index in [1.807, 2.05) is 6.20 Å². The molecule has 0 N–H and O–H groups in total. The molecule has 1 saturated heterocycles. The van der Waals surface area contributed by atoms with Crippen molar-refractivity contribution < 1.29 is 0 Å². The number of aromatic nitrogens is 2. The molecular formula is C16H14BrN3S. The molecule has 0 amide bonds. The molecule has 1 aliphatic rings. The number of thiazole rings is 1. The predicted molar refractivity (Wildman–Crippen MR) is 92.0 cm³/mol. The van der Waals surface area contributed by atoms with Crippen molar-refractivity contribution in [1.29, 1.82) is 0 Å². The van der Waals surface area contributed by atoms with Crippen molar-refractivity contribution in [2.75, 3.05) is 18.0 Å². The fraction of sp³-hybridized carbons (Fsp3) is 0.250. The van der Waals surface area contributed by atoms with E-state index in [2.05, 4.69) is 56.1 Å². The maximum atomic E-state index is 4.71. The molecule has 1 aliphatic heterocycles. The van der Waals surface area contributed by atoms with Crippen molar-refractivity contribution in [3.63, 3.8) is 0 Å². The predicted octanol–water partition coefficient (Wildman–Crippen LogP) is 4.72. The maximum Gasteiger partial charge on any atom is 0.128 e. The van der Waals surface area contributed by atoms with Crippen LogP contribution in [0.4, 0.5) is 5.82 Å². The molecule has 0 unspecified atom stereocenters. The summed E-state index contributed by atoms with van der Waals surface area (Å²) in [5.74, 6) is 1.08. The molecule has 3 heterocycles. The average molecular weight is 360 g/mol. The van der Waals surface area contributed by atoms with Crippen molar-refractivity contribution in [2.45, 2.75) is 12.8 Å². The summed E-state index contributed by atoms with van der Waals surface area (Å²) in [5, 5.41) is 1.03. The number of pyridine rings is 1. The first-order valence-electron chi connectivity index (χ1n) is 7.07. The second-order valence-corrected chi connectivity index (χ2v) is 7.18. The largest absolute Gasteiger partial charge is 0.357 e. The van der Waals surface area contributed by atoms with Crippen LogP contribution in [-0.2, 0) is 0 Å². The molecule has 4 rings (SSSR count). The highest BCUT2D eigenvalue weighted by Crippen LogP contribution is 2.32. The van der Waals surface area contributed by atoms with Crippen LogP contribution in [0.1, 0.15) is 12.8 Å². The molecule has 1 fully saturated rings. The van der Waals surface area contributed by atoms with Gasteiger partial charge in [-0.15, -0.1) is 11.3 Å². The first-order valence-corrected chi connectivity index (χ1v) is 8.68. The summed E-state index contributed by atoms with van der Waals surface area (Å²) in [6, 6.07) is 10.5. The van der Waals surface area contributed by atoms with Crippen LogP contribution in [0.5, 0.6) is 0 Å². The summed E-state index contributed by atoms with van der Waals surface area (Å²) in [6.07, 6.45) is 4.49. The molecule has 3 nitrogen and oxygen atoms in total.